The summed E-state index contributed by atoms with van der Waals surface area (Å²) in [4.78, 5) is 4.71. The number of nitrogens with zero attached hydrogens (tertiary/aromatic N) is 4. The van der Waals surface area contributed by atoms with E-state index in [1.807, 2.05) is 0 Å². The third-order valence-corrected chi connectivity index (χ3v) is 1.33. The van der Waals surface area contributed by atoms with Crippen molar-refractivity contribution < 1.29 is 0 Å². The van der Waals surface area contributed by atoms with Gasteiger partial charge in [-0.1, -0.05) is 0 Å². The van der Waals surface area contributed by atoms with Crippen molar-refractivity contribution in [2.75, 3.05) is 0 Å². The quantitative estimate of drug-likeness (QED) is 0.433. The summed E-state index contributed by atoms with van der Waals surface area (Å²) in [5.41, 5.74) is 10.9. The maximum absolute atomic E-state index is 8.52. The third kappa shape index (κ3) is 1.13. The fraction of sp³-hybridized carbons (Fsp3) is 0.167. The van der Waals surface area contributed by atoms with E-state index in [-0.39, 0.29) is 11.5 Å². The van der Waals surface area contributed by atoms with Crippen LogP contribution in [0.2, 0.25) is 0 Å². The van der Waals surface area contributed by atoms with Crippen LogP contribution in [0.3, 0.4) is 0 Å². The second-order valence-electron chi connectivity index (χ2n) is 2.11. The van der Waals surface area contributed by atoms with Gasteiger partial charge in [0.15, 0.2) is 6.19 Å². The van der Waals surface area contributed by atoms with Crippen LogP contribution in [-0.2, 0) is 0 Å². The molecule has 0 bridgehead atoms. The van der Waals surface area contributed by atoms with Crippen LogP contribution in [0.5, 0.6) is 0 Å². The topological polar surface area (TPSA) is 115 Å². The Hall–Kier alpha value is -2.21. The maximum atomic E-state index is 8.52. The fourth-order valence-electron chi connectivity index (χ4n) is 0.730. The molecule has 1 aliphatic heterocycles. The molecule has 0 radical (unpaired) electrons. The lowest BCUT2D eigenvalue weighted by molar-refractivity contribution is 0.453. The fourth-order valence-corrected chi connectivity index (χ4v) is 0.730. The molecule has 1 atom stereocenters. The van der Waals surface area contributed by atoms with Gasteiger partial charge in [-0.05, 0) is 0 Å². The van der Waals surface area contributed by atoms with Crippen LogP contribution >= 0.6 is 0 Å². The molecule has 1 aliphatic rings. The number of nitriles is 2. The van der Waals surface area contributed by atoms with Crippen LogP contribution in [-0.4, -0.2) is 16.9 Å². The van der Waals surface area contributed by atoms with Gasteiger partial charge in [0.1, 0.15) is 11.9 Å². The minimum absolute atomic E-state index is 0.0908. The molecule has 12 heavy (non-hydrogen) atoms. The zero-order chi connectivity index (χ0) is 9.14. The van der Waals surface area contributed by atoms with Gasteiger partial charge < -0.3 is 11.5 Å². The Labute approximate surface area is 69.0 Å². The standard InChI is InChI=1S/C6H6N6/c7-1-5-11-6(10)4(9)2-12(5)3-8/h2,5H,9H2,(H2,10,11). The molecule has 0 fully saturated rings. The van der Waals surface area contributed by atoms with Crippen molar-refractivity contribution in [1.29, 1.82) is 10.5 Å². The summed E-state index contributed by atoms with van der Waals surface area (Å²) in [5, 5.41) is 17.0. The molecule has 0 aromatic rings. The summed E-state index contributed by atoms with van der Waals surface area (Å²) in [7, 11) is 0. The average molecular weight is 162 g/mol. The van der Waals surface area contributed by atoms with E-state index in [9.17, 15) is 0 Å². The van der Waals surface area contributed by atoms with Crippen molar-refractivity contribution in [1.82, 2.24) is 4.90 Å². The van der Waals surface area contributed by atoms with Crippen LogP contribution < -0.4 is 11.5 Å². The first-order valence-corrected chi connectivity index (χ1v) is 3.07. The Bertz CT molecular complexity index is 293. The lowest BCUT2D eigenvalue weighted by atomic mass is 10.3. The molecule has 0 aromatic heterocycles. The highest BCUT2D eigenvalue weighted by Gasteiger charge is 2.19. The summed E-state index contributed by atoms with van der Waals surface area (Å²) in [6.45, 7) is 0. The van der Waals surface area contributed by atoms with Crippen LogP contribution in [0.25, 0.3) is 0 Å². The zero-order valence-corrected chi connectivity index (χ0v) is 6.10. The van der Waals surface area contributed by atoms with Crippen molar-refractivity contribution in [3.8, 4) is 12.3 Å². The van der Waals surface area contributed by atoms with Crippen LogP contribution in [0, 0.1) is 22.8 Å². The molecule has 6 nitrogen and oxygen atoms in total. The van der Waals surface area contributed by atoms with Crippen molar-refractivity contribution in [3.05, 3.63) is 11.9 Å². The number of nitrogens with two attached hydrogens (primary N) is 2. The molecule has 1 rings (SSSR count). The zero-order valence-electron chi connectivity index (χ0n) is 6.10. The molecule has 0 saturated heterocycles. The molecular formula is C6H6N6. The van der Waals surface area contributed by atoms with Gasteiger partial charge in [0.2, 0.25) is 6.17 Å². The lowest BCUT2D eigenvalue weighted by Crippen LogP contribution is -2.35. The minimum Gasteiger partial charge on any atom is -0.395 e. The van der Waals surface area contributed by atoms with E-state index < -0.39 is 6.17 Å². The van der Waals surface area contributed by atoms with Gasteiger partial charge in [-0.3, -0.25) is 0 Å². The molecule has 1 unspecified atom stereocenters. The van der Waals surface area contributed by atoms with E-state index in [2.05, 4.69) is 4.99 Å². The summed E-state index contributed by atoms with van der Waals surface area (Å²) in [6.07, 6.45) is 2.15. The Morgan fingerprint density at radius 2 is 2.17 bits per heavy atom. The summed E-state index contributed by atoms with van der Waals surface area (Å²) < 4.78 is 0. The third-order valence-electron chi connectivity index (χ3n) is 1.33. The molecule has 60 valence electrons. The molecule has 0 spiro atoms. The second-order valence-corrected chi connectivity index (χ2v) is 2.11. The van der Waals surface area contributed by atoms with Gasteiger partial charge in [-0.25, -0.2) is 9.89 Å². The Morgan fingerprint density at radius 1 is 1.50 bits per heavy atom. The Balaban J connectivity index is 2.99. The van der Waals surface area contributed by atoms with Gasteiger partial charge >= 0.3 is 0 Å². The minimum atomic E-state index is -0.887. The maximum Gasteiger partial charge on any atom is 0.223 e. The summed E-state index contributed by atoms with van der Waals surface area (Å²) >= 11 is 0. The first-order valence-electron chi connectivity index (χ1n) is 3.07. The van der Waals surface area contributed by atoms with Crippen LogP contribution in [0.4, 0.5) is 0 Å². The SMILES string of the molecule is N#CC1N=C(N)C(N)=CN1C#N. The van der Waals surface area contributed by atoms with E-state index in [1.54, 1.807) is 12.3 Å². The Morgan fingerprint density at radius 3 is 2.67 bits per heavy atom. The molecule has 6 heteroatoms. The summed E-state index contributed by atoms with van der Waals surface area (Å²) in [6, 6.07) is 1.79. The molecule has 4 N–H and O–H groups in total. The van der Waals surface area contributed by atoms with E-state index in [4.69, 9.17) is 22.0 Å². The predicted octanol–water partition coefficient (Wildman–Crippen LogP) is -1.21. The van der Waals surface area contributed by atoms with E-state index in [0.29, 0.717) is 0 Å². The van der Waals surface area contributed by atoms with Gasteiger partial charge in [0, 0.05) is 6.20 Å². The normalized spacial score (nSPS) is 21.8. The van der Waals surface area contributed by atoms with Crippen molar-refractivity contribution in [2.45, 2.75) is 6.17 Å². The molecule has 0 amide bonds. The van der Waals surface area contributed by atoms with Gasteiger partial charge in [0.25, 0.3) is 0 Å². The van der Waals surface area contributed by atoms with Crippen molar-refractivity contribution in [3.63, 3.8) is 0 Å². The highest BCUT2D eigenvalue weighted by atomic mass is 15.3. The Kier molecular flexibility index (Phi) is 1.84. The number of hydrogen-bond acceptors (Lipinski definition) is 6. The highest BCUT2D eigenvalue weighted by Crippen LogP contribution is 2.07. The second kappa shape index (κ2) is 2.81. The molecular weight excluding hydrogens is 156 g/mol. The van der Waals surface area contributed by atoms with Crippen LogP contribution in [0.15, 0.2) is 16.9 Å². The molecule has 1 heterocycles. The van der Waals surface area contributed by atoms with Gasteiger partial charge in [-0.15, -0.1) is 0 Å². The molecule has 0 aromatic carbocycles. The van der Waals surface area contributed by atoms with Crippen molar-refractivity contribution >= 4 is 5.84 Å². The first kappa shape index (κ1) is 7.89. The number of aliphatic imine (C=N–C) groups is 1. The first-order chi connectivity index (χ1) is 5.69. The highest BCUT2D eigenvalue weighted by molar-refractivity contribution is 5.96. The smallest absolute Gasteiger partial charge is 0.223 e. The number of hydrogen-bond donors (Lipinski definition) is 2. The lowest BCUT2D eigenvalue weighted by Gasteiger charge is -2.19. The van der Waals surface area contributed by atoms with E-state index >= 15 is 0 Å². The van der Waals surface area contributed by atoms with Crippen molar-refractivity contribution in [2.24, 2.45) is 16.5 Å². The van der Waals surface area contributed by atoms with E-state index in [0.717, 1.165) is 4.90 Å². The number of rotatable bonds is 0. The monoisotopic (exact) mass is 162 g/mol. The van der Waals surface area contributed by atoms with Crippen LogP contribution in [0.1, 0.15) is 0 Å². The number of amidine groups is 1. The van der Waals surface area contributed by atoms with Gasteiger partial charge in [-0.2, -0.15) is 10.5 Å². The predicted molar refractivity (Wildman–Crippen MR) is 40.7 cm³/mol. The summed E-state index contributed by atoms with van der Waals surface area (Å²) in [5.74, 6) is 0.0908. The van der Waals surface area contributed by atoms with E-state index in [1.165, 1.54) is 6.20 Å². The molecule has 0 aliphatic carbocycles. The molecule has 0 saturated carbocycles. The largest absolute Gasteiger partial charge is 0.395 e. The average Bonchev–Trinajstić information content (AvgIpc) is 2.09. The van der Waals surface area contributed by atoms with Gasteiger partial charge in [0.05, 0.1) is 5.70 Å².